The Kier molecular flexibility index (Phi) is 7.01. The van der Waals surface area contributed by atoms with E-state index in [4.69, 9.17) is 5.11 Å². The molecule has 1 fully saturated rings. The zero-order valence-electron chi connectivity index (χ0n) is 10.9. The standard InChI is InChI=1S/C13H28N2O/c1-3-15-9-4-7-13(8-10-15)14-12(2)6-5-11-16/h12-14,16H,3-11H2,1-2H3. The number of hydrogen-bond acceptors (Lipinski definition) is 3. The highest BCUT2D eigenvalue weighted by Crippen LogP contribution is 2.12. The molecule has 1 aliphatic rings. The van der Waals surface area contributed by atoms with E-state index in [1.807, 2.05) is 0 Å². The van der Waals surface area contributed by atoms with Crippen LogP contribution in [-0.2, 0) is 0 Å². The van der Waals surface area contributed by atoms with Gasteiger partial charge in [-0.15, -0.1) is 0 Å². The van der Waals surface area contributed by atoms with E-state index in [1.54, 1.807) is 0 Å². The molecule has 0 aromatic rings. The number of nitrogens with zero attached hydrogens (tertiary/aromatic N) is 1. The predicted molar refractivity (Wildman–Crippen MR) is 68.7 cm³/mol. The summed E-state index contributed by atoms with van der Waals surface area (Å²) in [7, 11) is 0. The Morgan fingerprint density at radius 3 is 2.88 bits per heavy atom. The van der Waals surface area contributed by atoms with Crippen LogP contribution in [0, 0.1) is 0 Å². The van der Waals surface area contributed by atoms with Crippen molar-refractivity contribution in [2.24, 2.45) is 0 Å². The Hall–Kier alpha value is -0.120. The highest BCUT2D eigenvalue weighted by Gasteiger charge is 2.17. The Morgan fingerprint density at radius 1 is 1.38 bits per heavy atom. The second kappa shape index (κ2) is 8.04. The highest BCUT2D eigenvalue weighted by molar-refractivity contribution is 4.76. The number of aliphatic hydroxyl groups is 1. The van der Waals surface area contributed by atoms with Gasteiger partial charge in [0.15, 0.2) is 0 Å². The molecule has 0 aromatic carbocycles. The molecule has 0 amide bonds. The molecule has 96 valence electrons. The summed E-state index contributed by atoms with van der Waals surface area (Å²) in [6.07, 6.45) is 5.90. The van der Waals surface area contributed by atoms with Crippen LogP contribution in [0.2, 0.25) is 0 Å². The fourth-order valence-corrected chi connectivity index (χ4v) is 2.52. The average molecular weight is 228 g/mol. The maximum Gasteiger partial charge on any atom is 0.0431 e. The Morgan fingerprint density at radius 2 is 2.19 bits per heavy atom. The van der Waals surface area contributed by atoms with E-state index in [0.717, 1.165) is 12.8 Å². The monoisotopic (exact) mass is 228 g/mol. The van der Waals surface area contributed by atoms with Gasteiger partial charge in [-0.1, -0.05) is 6.92 Å². The molecule has 3 nitrogen and oxygen atoms in total. The molecule has 0 aliphatic carbocycles. The van der Waals surface area contributed by atoms with Crippen LogP contribution in [0.5, 0.6) is 0 Å². The zero-order chi connectivity index (χ0) is 11.8. The minimum atomic E-state index is 0.320. The number of hydrogen-bond donors (Lipinski definition) is 2. The van der Waals surface area contributed by atoms with E-state index in [2.05, 4.69) is 24.1 Å². The molecule has 2 atom stereocenters. The second-order valence-corrected chi connectivity index (χ2v) is 5.00. The molecule has 1 rings (SSSR count). The van der Waals surface area contributed by atoms with E-state index < -0.39 is 0 Å². The number of rotatable bonds is 6. The first-order valence-electron chi connectivity index (χ1n) is 6.85. The molecule has 2 unspecified atom stereocenters. The summed E-state index contributed by atoms with van der Waals surface area (Å²) in [5.41, 5.74) is 0. The maximum absolute atomic E-state index is 8.80. The van der Waals surface area contributed by atoms with Crippen molar-refractivity contribution in [3.8, 4) is 0 Å². The summed E-state index contributed by atoms with van der Waals surface area (Å²) >= 11 is 0. The number of likely N-dealkylation sites (tertiary alicyclic amines) is 1. The number of aliphatic hydroxyl groups excluding tert-OH is 1. The molecular weight excluding hydrogens is 200 g/mol. The van der Waals surface area contributed by atoms with Gasteiger partial charge in [-0.2, -0.15) is 0 Å². The van der Waals surface area contributed by atoms with Crippen molar-refractivity contribution in [2.75, 3.05) is 26.2 Å². The fourth-order valence-electron chi connectivity index (χ4n) is 2.52. The maximum atomic E-state index is 8.80. The Bertz CT molecular complexity index is 175. The highest BCUT2D eigenvalue weighted by atomic mass is 16.2. The van der Waals surface area contributed by atoms with Gasteiger partial charge >= 0.3 is 0 Å². The fraction of sp³-hybridized carbons (Fsp3) is 1.00. The lowest BCUT2D eigenvalue weighted by Gasteiger charge is -2.22. The lowest BCUT2D eigenvalue weighted by atomic mass is 10.1. The third-order valence-electron chi connectivity index (χ3n) is 3.58. The summed E-state index contributed by atoms with van der Waals surface area (Å²) in [6.45, 7) is 8.49. The Balaban J connectivity index is 2.21. The molecular formula is C13H28N2O. The summed E-state index contributed by atoms with van der Waals surface area (Å²) in [5, 5.41) is 12.5. The van der Waals surface area contributed by atoms with E-state index in [-0.39, 0.29) is 0 Å². The van der Waals surface area contributed by atoms with Crippen LogP contribution in [0.3, 0.4) is 0 Å². The topological polar surface area (TPSA) is 35.5 Å². The van der Waals surface area contributed by atoms with Gasteiger partial charge in [0, 0.05) is 18.7 Å². The van der Waals surface area contributed by atoms with Crippen molar-refractivity contribution in [3.05, 3.63) is 0 Å². The SMILES string of the molecule is CCN1CCCC(NC(C)CCCO)CC1. The lowest BCUT2D eigenvalue weighted by molar-refractivity contribution is 0.270. The third-order valence-corrected chi connectivity index (χ3v) is 3.58. The summed E-state index contributed by atoms with van der Waals surface area (Å²) in [6, 6.07) is 1.23. The first-order chi connectivity index (χ1) is 7.76. The van der Waals surface area contributed by atoms with Crippen LogP contribution in [0.4, 0.5) is 0 Å². The number of nitrogens with one attached hydrogen (secondary N) is 1. The van der Waals surface area contributed by atoms with E-state index in [9.17, 15) is 0 Å². The second-order valence-electron chi connectivity index (χ2n) is 5.00. The van der Waals surface area contributed by atoms with Crippen molar-refractivity contribution in [2.45, 2.75) is 58.0 Å². The van der Waals surface area contributed by atoms with Crippen LogP contribution in [0.1, 0.15) is 46.0 Å². The average Bonchev–Trinajstić information content (AvgIpc) is 2.51. The minimum absolute atomic E-state index is 0.320. The van der Waals surface area contributed by atoms with Gasteiger partial charge in [-0.05, 0) is 58.7 Å². The smallest absolute Gasteiger partial charge is 0.0431 e. The largest absolute Gasteiger partial charge is 0.396 e. The van der Waals surface area contributed by atoms with Crippen molar-refractivity contribution < 1.29 is 5.11 Å². The van der Waals surface area contributed by atoms with Crippen LogP contribution < -0.4 is 5.32 Å². The van der Waals surface area contributed by atoms with Crippen molar-refractivity contribution in [3.63, 3.8) is 0 Å². The molecule has 1 saturated heterocycles. The van der Waals surface area contributed by atoms with Gasteiger partial charge in [0.2, 0.25) is 0 Å². The van der Waals surface area contributed by atoms with Crippen LogP contribution in [-0.4, -0.2) is 48.3 Å². The van der Waals surface area contributed by atoms with E-state index in [1.165, 1.54) is 38.9 Å². The molecule has 1 aliphatic heterocycles. The van der Waals surface area contributed by atoms with E-state index >= 15 is 0 Å². The van der Waals surface area contributed by atoms with Gasteiger partial charge in [0.25, 0.3) is 0 Å². The molecule has 0 aromatic heterocycles. The van der Waals surface area contributed by atoms with Gasteiger partial charge in [0.1, 0.15) is 0 Å². The lowest BCUT2D eigenvalue weighted by Crippen LogP contribution is -2.37. The van der Waals surface area contributed by atoms with Crippen LogP contribution >= 0.6 is 0 Å². The molecule has 16 heavy (non-hydrogen) atoms. The Labute approximate surface area is 100 Å². The quantitative estimate of drug-likeness (QED) is 0.725. The molecule has 0 bridgehead atoms. The normalized spacial score (nSPS) is 25.3. The third kappa shape index (κ3) is 5.28. The molecule has 1 heterocycles. The van der Waals surface area contributed by atoms with Crippen LogP contribution in [0.25, 0.3) is 0 Å². The van der Waals surface area contributed by atoms with Crippen molar-refractivity contribution in [1.82, 2.24) is 10.2 Å². The van der Waals surface area contributed by atoms with Gasteiger partial charge < -0.3 is 15.3 Å². The van der Waals surface area contributed by atoms with Gasteiger partial charge in [-0.3, -0.25) is 0 Å². The zero-order valence-corrected chi connectivity index (χ0v) is 10.9. The molecule has 3 heteroatoms. The first kappa shape index (κ1) is 13.9. The summed E-state index contributed by atoms with van der Waals surface area (Å²) in [4.78, 5) is 2.54. The molecule has 0 saturated carbocycles. The molecule has 2 N–H and O–H groups in total. The van der Waals surface area contributed by atoms with Gasteiger partial charge in [-0.25, -0.2) is 0 Å². The van der Waals surface area contributed by atoms with Crippen LogP contribution in [0.15, 0.2) is 0 Å². The summed E-state index contributed by atoms with van der Waals surface area (Å²) in [5.74, 6) is 0. The predicted octanol–water partition coefficient (Wildman–Crippen LogP) is 1.61. The summed E-state index contributed by atoms with van der Waals surface area (Å²) < 4.78 is 0. The van der Waals surface area contributed by atoms with E-state index in [0.29, 0.717) is 18.7 Å². The molecule has 0 radical (unpaired) electrons. The minimum Gasteiger partial charge on any atom is -0.396 e. The van der Waals surface area contributed by atoms with Crippen molar-refractivity contribution in [1.29, 1.82) is 0 Å². The van der Waals surface area contributed by atoms with Crippen molar-refractivity contribution >= 4 is 0 Å². The van der Waals surface area contributed by atoms with Gasteiger partial charge in [0.05, 0.1) is 0 Å². The first-order valence-corrected chi connectivity index (χ1v) is 6.85. The molecule has 0 spiro atoms.